The van der Waals surface area contributed by atoms with E-state index in [1.807, 2.05) is 4.90 Å². The Morgan fingerprint density at radius 3 is 2.04 bits per heavy atom. The monoisotopic (exact) mass is 316 g/mol. The van der Waals surface area contributed by atoms with E-state index in [1.165, 1.54) is 4.90 Å². The Balaban J connectivity index is 1.46. The quantitative estimate of drug-likeness (QED) is 0.570. The second-order valence-electron chi connectivity index (χ2n) is 8.01. The molecule has 124 valence electrons. The van der Waals surface area contributed by atoms with Crippen molar-refractivity contribution in [3.63, 3.8) is 0 Å². The van der Waals surface area contributed by atoms with Gasteiger partial charge in [-0.05, 0) is 36.5 Å². The second-order valence-corrected chi connectivity index (χ2v) is 8.01. The van der Waals surface area contributed by atoms with Crippen LogP contribution in [0.2, 0.25) is 0 Å². The van der Waals surface area contributed by atoms with Crippen LogP contribution in [0.3, 0.4) is 0 Å². The molecular formula is C18H24N2O3. The van der Waals surface area contributed by atoms with Crippen LogP contribution < -0.4 is 0 Å². The summed E-state index contributed by atoms with van der Waals surface area (Å²) in [5.41, 5.74) is 0. The molecule has 23 heavy (non-hydrogen) atoms. The van der Waals surface area contributed by atoms with E-state index >= 15 is 0 Å². The smallest absolute Gasteiger partial charge is 0.242 e. The van der Waals surface area contributed by atoms with Crippen LogP contribution in [0.1, 0.15) is 26.7 Å². The molecule has 0 N–H and O–H groups in total. The molecule has 4 aliphatic rings. The van der Waals surface area contributed by atoms with Gasteiger partial charge in [-0.3, -0.25) is 19.3 Å². The number of piperidine rings is 1. The van der Waals surface area contributed by atoms with E-state index in [4.69, 9.17) is 0 Å². The van der Waals surface area contributed by atoms with Crippen molar-refractivity contribution in [1.29, 1.82) is 0 Å². The van der Waals surface area contributed by atoms with E-state index in [1.54, 1.807) is 0 Å². The molecule has 5 nitrogen and oxygen atoms in total. The zero-order valence-electron chi connectivity index (χ0n) is 13.8. The maximum absolute atomic E-state index is 12.6. The lowest BCUT2D eigenvalue weighted by Crippen LogP contribution is -2.48. The summed E-state index contributed by atoms with van der Waals surface area (Å²) in [6, 6.07) is 0. The molecule has 4 rings (SSSR count). The topological polar surface area (TPSA) is 57.7 Å². The number of nitrogens with zero attached hydrogens (tertiary/aromatic N) is 2. The molecule has 1 saturated carbocycles. The molecule has 2 heterocycles. The zero-order chi connectivity index (χ0) is 16.3. The largest absolute Gasteiger partial charge is 0.341 e. The molecule has 3 fully saturated rings. The number of carbonyl (C=O) groups excluding carboxylic acids is 3. The summed E-state index contributed by atoms with van der Waals surface area (Å²) >= 11 is 0. The van der Waals surface area contributed by atoms with Gasteiger partial charge < -0.3 is 4.90 Å². The number of amides is 3. The van der Waals surface area contributed by atoms with Gasteiger partial charge in [0.2, 0.25) is 17.7 Å². The zero-order valence-corrected chi connectivity index (χ0v) is 13.8. The number of likely N-dealkylation sites (tertiary alicyclic amines) is 2. The Morgan fingerprint density at radius 1 is 1.00 bits per heavy atom. The van der Waals surface area contributed by atoms with Crippen molar-refractivity contribution in [2.24, 2.45) is 35.5 Å². The molecule has 0 unspecified atom stereocenters. The average Bonchev–Trinajstić information content (AvgIpc) is 3.16. The van der Waals surface area contributed by atoms with Crippen LogP contribution in [0.4, 0.5) is 0 Å². The molecule has 0 spiro atoms. The first kappa shape index (κ1) is 14.9. The third kappa shape index (κ3) is 2.24. The summed E-state index contributed by atoms with van der Waals surface area (Å²) in [4.78, 5) is 40.9. The van der Waals surface area contributed by atoms with Crippen molar-refractivity contribution in [2.45, 2.75) is 26.7 Å². The van der Waals surface area contributed by atoms with Crippen molar-refractivity contribution in [3.05, 3.63) is 12.2 Å². The molecule has 0 radical (unpaired) electrons. The molecule has 0 aromatic heterocycles. The lowest BCUT2D eigenvalue weighted by atomic mass is 9.85. The minimum absolute atomic E-state index is 0.0659. The Morgan fingerprint density at radius 2 is 1.52 bits per heavy atom. The minimum Gasteiger partial charge on any atom is -0.341 e. The van der Waals surface area contributed by atoms with E-state index < -0.39 is 0 Å². The van der Waals surface area contributed by atoms with Crippen LogP contribution in [-0.4, -0.2) is 47.2 Å². The van der Waals surface area contributed by atoms with Gasteiger partial charge in [-0.1, -0.05) is 26.0 Å². The van der Waals surface area contributed by atoms with Crippen molar-refractivity contribution in [3.8, 4) is 0 Å². The van der Waals surface area contributed by atoms with E-state index in [2.05, 4.69) is 26.0 Å². The van der Waals surface area contributed by atoms with Crippen LogP contribution in [0, 0.1) is 35.5 Å². The van der Waals surface area contributed by atoms with Crippen LogP contribution in [0.15, 0.2) is 12.2 Å². The maximum Gasteiger partial charge on any atom is 0.242 e. The van der Waals surface area contributed by atoms with Crippen LogP contribution in [0.5, 0.6) is 0 Å². The predicted molar refractivity (Wildman–Crippen MR) is 84.0 cm³/mol. The van der Waals surface area contributed by atoms with Gasteiger partial charge in [-0.15, -0.1) is 0 Å². The highest BCUT2D eigenvalue weighted by molar-refractivity contribution is 6.08. The van der Waals surface area contributed by atoms with E-state index in [0.29, 0.717) is 11.8 Å². The molecular weight excluding hydrogens is 292 g/mol. The number of hydrogen-bond acceptors (Lipinski definition) is 3. The molecule has 3 amide bonds. The number of rotatable bonds is 2. The highest BCUT2D eigenvalue weighted by Gasteiger charge is 2.59. The second kappa shape index (κ2) is 5.18. The summed E-state index contributed by atoms with van der Waals surface area (Å²) in [7, 11) is 0. The fraction of sp³-hybridized carbons (Fsp3) is 0.722. The van der Waals surface area contributed by atoms with Gasteiger partial charge in [0.05, 0.1) is 11.8 Å². The molecule has 6 atom stereocenters. The molecule has 0 aromatic carbocycles. The molecule has 2 aliphatic heterocycles. The molecule has 2 saturated heterocycles. The van der Waals surface area contributed by atoms with Gasteiger partial charge in [-0.2, -0.15) is 0 Å². The summed E-state index contributed by atoms with van der Waals surface area (Å²) in [5.74, 6) is 0.637. The Hall–Kier alpha value is -1.65. The summed E-state index contributed by atoms with van der Waals surface area (Å²) in [5, 5.41) is 0. The highest BCUT2D eigenvalue weighted by atomic mass is 16.2. The SMILES string of the molecule is C[C@@H]1C[C@H](C)CN(C(=O)CN2C(=O)[C@@H]3[C@@H](C2=O)[C@H]2C=C[C@H]3C2)C1. The molecule has 2 bridgehead atoms. The number of imide groups is 1. The van der Waals surface area contributed by atoms with E-state index in [0.717, 1.165) is 25.9 Å². The minimum atomic E-state index is -0.204. The lowest BCUT2D eigenvalue weighted by Gasteiger charge is -2.35. The fourth-order valence-electron chi connectivity index (χ4n) is 5.22. The van der Waals surface area contributed by atoms with Crippen LogP contribution in [-0.2, 0) is 14.4 Å². The maximum atomic E-state index is 12.6. The Labute approximate surface area is 136 Å². The first-order chi connectivity index (χ1) is 11.0. The van der Waals surface area contributed by atoms with Crippen molar-refractivity contribution >= 4 is 17.7 Å². The number of fused-ring (bicyclic) bond motifs is 5. The van der Waals surface area contributed by atoms with Gasteiger partial charge in [0.15, 0.2) is 0 Å². The Kier molecular flexibility index (Phi) is 3.36. The summed E-state index contributed by atoms with van der Waals surface area (Å²) in [6.45, 7) is 5.70. The first-order valence-corrected chi connectivity index (χ1v) is 8.77. The van der Waals surface area contributed by atoms with Crippen molar-refractivity contribution in [1.82, 2.24) is 9.80 Å². The molecule has 5 heteroatoms. The van der Waals surface area contributed by atoms with Gasteiger partial charge >= 0.3 is 0 Å². The van der Waals surface area contributed by atoms with Crippen molar-refractivity contribution in [2.75, 3.05) is 19.6 Å². The Bertz CT molecular complexity index is 559. The lowest BCUT2D eigenvalue weighted by molar-refractivity contribution is -0.148. The summed E-state index contributed by atoms with van der Waals surface area (Å²) in [6.07, 6.45) is 6.22. The predicted octanol–water partition coefficient (Wildman–Crippen LogP) is 1.30. The fourth-order valence-corrected chi connectivity index (χ4v) is 5.22. The van der Waals surface area contributed by atoms with E-state index in [-0.39, 0.29) is 47.9 Å². The third-order valence-corrected chi connectivity index (χ3v) is 6.08. The number of hydrogen-bond donors (Lipinski definition) is 0. The highest BCUT2D eigenvalue weighted by Crippen LogP contribution is 2.52. The standard InChI is InChI=1S/C18H24N2O3/c1-10-5-11(2)8-19(7-10)14(21)9-20-17(22)15-12-3-4-13(6-12)16(15)18(20)23/h3-4,10-13,15-16H,5-9H2,1-2H3/t10-,11+,12-,13-,15-,16-/m0/s1. The summed E-state index contributed by atoms with van der Waals surface area (Å²) < 4.78 is 0. The third-order valence-electron chi connectivity index (χ3n) is 6.08. The molecule has 0 aromatic rings. The van der Waals surface area contributed by atoms with E-state index in [9.17, 15) is 14.4 Å². The van der Waals surface area contributed by atoms with Gasteiger partial charge in [0.1, 0.15) is 6.54 Å². The number of allylic oxidation sites excluding steroid dienone is 2. The van der Waals surface area contributed by atoms with Crippen LogP contribution >= 0.6 is 0 Å². The van der Waals surface area contributed by atoms with Gasteiger partial charge in [-0.25, -0.2) is 0 Å². The molecule has 2 aliphatic carbocycles. The average molecular weight is 316 g/mol. The number of carbonyl (C=O) groups is 3. The van der Waals surface area contributed by atoms with Crippen LogP contribution in [0.25, 0.3) is 0 Å². The van der Waals surface area contributed by atoms with Crippen molar-refractivity contribution < 1.29 is 14.4 Å². The normalized spacial score (nSPS) is 41.8. The van der Waals surface area contributed by atoms with Gasteiger partial charge in [0.25, 0.3) is 0 Å². The van der Waals surface area contributed by atoms with Gasteiger partial charge in [0, 0.05) is 13.1 Å². The first-order valence-electron chi connectivity index (χ1n) is 8.77.